The van der Waals surface area contributed by atoms with Gasteiger partial charge in [0.05, 0.1) is 5.75 Å². The van der Waals surface area contributed by atoms with Gasteiger partial charge >= 0.3 is 0 Å². The second-order valence-corrected chi connectivity index (χ2v) is 8.94. The number of thiazole rings is 1. The van der Waals surface area contributed by atoms with Crippen LogP contribution in [0.3, 0.4) is 0 Å². The van der Waals surface area contributed by atoms with Gasteiger partial charge in [0.25, 0.3) is 0 Å². The molecule has 0 aliphatic carbocycles. The van der Waals surface area contributed by atoms with Crippen molar-refractivity contribution in [1.82, 2.24) is 15.0 Å². The number of nitrogens with one attached hydrogen (secondary N) is 1. The van der Waals surface area contributed by atoms with Crippen molar-refractivity contribution in [2.45, 2.75) is 5.03 Å². The zero-order chi connectivity index (χ0) is 18.6. The highest BCUT2D eigenvalue weighted by Crippen LogP contribution is 2.34. The van der Waals surface area contributed by atoms with Crippen LogP contribution >= 0.6 is 34.9 Å². The highest BCUT2D eigenvalue weighted by Gasteiger charge is 2.18. The summed E-state index contributed by atoms with van der Waals surface area (Å²) in [6.45, 7) is 1.97. The second-order valence-electron chi connectivity index (χ2n) is 5.77. The maximum Gasteiger partial charge on any atom is 0.234 e. The van der Waals surface area contributed by atoms with Crippen LogP contribution in [0, 0.1) is 5.82 Å². The maximum absolute atomic E-state index is 13.2. The van der Waals surface area contributed by atoms with E-state index in [1.807, 2.05) is 11.8 Å². The Hall–Kier alpha value is -1.91. The summed E-state index contributed by atoms with van der Waals surface area (Å²) in [4.78, 5) is 27.6. The molecule has 10 heteroatoms. The standard InChI is InChI=1S/C17H16FN5OS3/c18-11-2-1-3-12(8-11)21-13(24)9-26-16-14-15(19-10-20-16)22-17(27-14)23-4-6-25-7-5-23/h1-3,8,10H,4-7,9H2,(H,21,24). The predicted molar refractivity (Wildman–Crippen MR) is 111 cm³/mol. The van der Waals surface area contributed by atoms with E-state index in [4.69, 9.17) is 0 Å². The number of hydrogen-bond donors (Lipinski definition) is 1. The van der Waals surface area contributed by atoms with E-state index in [9.17, 15) is 9.18 Å². The fraction of sp³-hybridized carbons (Fsp3) is 0.294. The third kappa shape index (κ3) is 4.50. The van der Waals surface area contributed by atoms with Gasteiger partial charge in [-0.1, -0.05) is 29.2 Å². The summed E-state index contributed by atoms with van der Waals surface area (Å²) < 4.78 is 14.1. The Morgan fingerprint density at radius 2 is 2.15 bits per heavy atom. The van der Waals surface area contributed by atoms with E-state index in [0.29, 0.717) is 11.3 Å². The van der Waals surface area contributed by atoms with Crippen LogP contribution in [0.5, 0.6) is 0 Å². The Morgan fingerprint density at radius 1 is 1.30 bits per heavy atom. The lowest BCUT2D eigenvalue weighted by Gasteiger charge is -2.25. The number of thioether (sulfide) groups is 2. The van der Waals surface area contributed by atoms with Gasteiger partial charge in [0.15, 0.2) is 10.8 Å². The van der Waals surface area contributed by atoms with Crippen LogP contribution in [0.4, 0.5) is 15.2 Å². The van der Waals surface area contributed by atoms with Crippen molar-refractivity contribution >= 4 is 61.9 Å². The third-order valence-corrected chi connectivity index (χ3v) is 7.05. The Balaban J connectivity index is 1.45. The van der Waals surface area contributed by atoms with Crippen molar-refractivity contribution < 1.29 is 9.18 Å². The molecule has 0 saturated carbocycles. The van der Waals surface area contributed by atoms with Crippen LogP contribution in [0.1, 0.15) is 0 Å². The molecule has 1 fully saturated rings. The number of fused-ring (bicyclic) bond motifs is 1. The van der Waals surface area contributed by atoms with Crippen LogP contribution in [0.25, 0.3) is 10.3 Å². The lowest BCUT2D eigenvalue weighted by molar-refractivity contribution is -0.113. The average Bonchev–Trinajstić information content (AvgIpc) is 3.12. The molecule has 1 aliphatic rings. The van der Waals surface area contributed by atoms with Crippen molar-refractivity contribution in [3.05, 3.63) is 36.4 Å². The van der Waals surface area contributed by atoms with Crippen molar-refractivity contribution in [3.8, 4) is 0 Å². The molecule has 1 aromatic carbocycles. The van der Waals surface area contributed by atoms with Gasteiger partial charge in [0, 0.05) is 30.3 Å². The molecule has 27 heavy (non-hydrogen) atoms. The summed E-state index contributed by atoms with van der Waals surface area (Å²) in [7, 11) is 0. The lowest BCUT2D eigenvalue weighted by atomic mass is 10.3. The molecule has 2 aromatic heterocycles. The molecule has 140 valence electrons. The van der Waals surface area contributed by atoms with Gasteiger partial charge in [-0.15, -0.1) is 0 Å². The van der Waals surface area contributed by atoms with Crippen LogP contribution in [-0.4, -0.2) is 51.2 Å². The zero-order valence-corrected chi connectivity index (χ0v) is 16.7. The monoisotopic (exact) mass is 421 g/mol. The van der Waals surface area contributed by atoms with E-state index < -0.39 is 0 Å². The largest absolute Gasteiger partial charge is 0.346 e. The van der Waals surface area contributed by atoms with Crippen LogP contribution in [-0.2, 0) is 4.79 Å². The molecule has 1 amide bonds. The summed E-state index contributed by atoms with van der Waals surface area (Å²) in [6, 6.07) is 5.84. The number of anilines is 2. The fourth-order valence-electron chi connectivity index (χ4n) is 2.61. The minimum Gasteiger partial charge on any atom is -0.346 e. The molecule has 0 radical (unpaired) electrons. The average molecular weight is 422 g/mol. The minimum absolute atomic E-state index is 0.177. The van der Waals surface area contributed by atoms with E-state index in [0.717, 1.165) is 39.5 Å². The van der Waals surface area contributed by atoms with Gasteiger partial charge in [-0.3, -0.25) is 4.79 Å². The quantitative estimate of drug-likeness (QED) is 0.499. The van der Waals surface area contributed by atoms with E-state index in [2.05, 4.69) is 25.2 Å². The predicted octanol–water partition coefficient (Wildman–Crippen LogP) is 3.51. The van der Waals surface area contributed by atoms with Crippen molar-refractivity contribution in [1.29, 1.82) is 0 Å². The van der Waals surface area contributed by atoms with E-state index in [1.54, 1.807) is 23.5 Å². The first-order valence-corrected chi connectivity index (χ1v) is 11.3. The highest BCUT2D eigenvalue weighted by atomic mass is 32.2. The third-order valence-electron chi connectivity index (χ3n) is 3.88. The van der Waals surface area contributed by atoms with Crippen LogP contribution in [0.2, 0.25) is 0 Å². The molecule has 0 bridgehead atoms. The topological polar surface area (TPSA) is 71.0 Å². The van der Waals surface area contributed by atoms with Crippen LogP contribution < -0.4 is 10.2 Å². The number of benzene rings is 1. The molecule has 3 aromatic rings. The number of hydrogen-bond acceptors (Lipinski definition) is 8. The first kappa shape index (κ1) is 18.5. The Kier molecular flexibility index (Phi) is 5.74. The first-order chi connectivity index (χ1) is 13.2. The van der Waals surface area contributed by atoms with Gasteiger partial charge in [-0.25, -0.2) is 14.4 Å². The Morgan fingerprint density at radius 3 is 2.96 bits per heavy atom. The second kappa shape index (κ2) is 8.41. The van der Waals surface area contributed by atoms with Crippen molar-refractivity contribution in [2.75, 3.05) is 40.6 Å². The smallest absolute Gasteiger partial charge is 0.234 e. The van der Waals surface area contributed by atoms with Gasteiger partial charge in [0.2, 0.25) is 5.91 Å². The van der Waals surface area contributed by atoms with Crippen molar-refractivity contribution in [3.63, 3.8) is 0 Å². The lowest BCUT2D eigenvalue weighted by Crippen LogP contribution is -2.32. The Bertz CT molecular complexity index is 961. The summed E-state index contributed by atoms with van der Waals surface area (Å²) >= 11 is 4.85. The summed E-state index contributed by atoms with van der Waals surface area (Å²) in [5, 5.41) is 4.39. The number of amides is 1. The van der Waals surface area contributed by atoms with Gasteiger partial charge in [0.1, 0.15) is 21.9 Å². The highest BCUT2D eigenvalue weighted by molar-refractivity contribution is 8.00. The van der Waals surface area contributed by atoms with E-state index in [1.165, 1.54) is 30.2 Å². The molecule has 4 rings (SSSR count). The van der Waals surface area contributed by atoms with E-state index >= 15 is 0 Å². The Labute approximate surface area is 168 Å². The summed E-state index contributed by atoms with van der Waals surface area (Å²) in [5.74, 6) is 1.78. The number of aromatic nitrogens is 3. The summed E-state index contributed by atoms with van der Waals surface area (Å²) in [6.07, 6.45) is 1.48. The molecule has 0 atom stereocenters. The van der Waals surface area contributed by atoms with Gasteiger partial charge < -0.3 is 10.2 Å². The van der Waals surface area contributed by atoms with E-state index in [-0.39, 0.29) is 17.5 Å². The van der Waals surface area contributed by atoms with Crippen LogP contribution in [0.15, 0.2) is 35.6 Å². The molecular formula is C17H16FN5OS3. The molecule has 1 aliphatic heterocycles. The number of carbonyl (C=O) groups is 1. The normalized spacial score (nSPS) is 14.5. The molecule has 1 saturated heterocycles. The maximum atomic E-state index is 13.2. The molecule has 0 unspecified atom stereocenters. The number of nitrogens with zero attached hydrogens (tertiary/aromatic N) is 4. The SMILES string of the molecule is O=C(CSc1ncnc2nc(N3CCSCC3)sc12)Nc1cccc(F)c1. The number of carbonyl (C=O) groups excluding carboxylic acids is 1. The number of rotatable bonds is 5. The zero-order valence-electron chi connectivity index (χ0n) is 14.2. The molecule has 0 spiro atoms. The number of halogens is 1. The van der Waals surface area contributed by atoms with Gasteiger partial charge in [-0.2, -0.15) is 16.7 Å². The molecule has 1 N–H and O–H groups in total. The molecular weight excluding hydrogens is 405 g/mol. The molecule has 6 nitrogen and oxygen atoms in total. The molecule has 3 heterocycles. The first-order valence-electron chi connectivity index (χ1n) is 8.31. The minimum atomic E-state index is -0.383. The fourth-order valence-corrected chi connectivity index (χ4v) is 5.46. The van der Waals surface area contributed by atoms with Crippen molar-refractivity contribution in [2.24, 2.45) is 0 Å². The summed E-state index contributed by atoms with van der Waals surface area (Å²) in [5.41, 5.74) is 1.10. The van der Waals surface area contributed by atoms with Gasteiger partial charge in [-0.05, 0) is 18.2 Å².